The Hall–Kier alpha value is -1.10. The first kappa shape index (κ1) is 14.0. The van der Waals surface area contributed by atoms with Gasteiger partial charge in [0.25, 0.3) is 0 Å². The summed E-state index contributed by atoms with van der Waals surface area (Å²) in [4.78, 5) is 0. The van der Waals surface area contributed by atoms with Crippen molar-refractivity contribution < 1.29 is 17.6 Å². The van der Waals surface area contributed by atoms with Crippen molar-refractivity contribution in [2.45, 2.75) is 33.0 Å². The number of alkyl halides is 3. The minimum atomic E-state index is -4.52. The second kappa shape index (κ2) is 4.29. The van der Waals surface area contributed by atoms with Gasteiger partial charge in [0.15, 0.2) is 0 Å². The predicted molar refractivity (Wildman–Crippen MR) is 57.8 cm³/mol. The van der Waals surface area contributed by atoms with Crippen molar-refractivity contribution in [3.8, 4) is 0 Å². The zero-order valence-electron chi connectivity index (χ0n) is 9.90. The maximum atomic E-state index is 13.1. The van der Waals surface area contributed by atoms with Crippen LogP contribution in [0.4, 0.5) is 17.6 Å². The van der Waals surface area contributed by atoms with Crippen molar-refractivity contribution in [2.24, 2.45) is 11.1 Å². The third-order valence-electron chi connectivity index (χ3n) is 2.59. The lowest BCUT2D eigenvalue weighted by Gasteiger charge is -2.29. The molecule has 0 spiro atoms. The number of nitrogens with two attached hydrogens (primary N) is 1. The van der Waals surface area contributed by atoms with E-state index >= 15 is 0 Å². The molecule has 5 heteroatoms. The highest BCUT2D eigenvalue weighted by atomic mass is 19.4. The molecule has 0 fully saturated rings. The lowest BCUT2D eigenvalue weighted by Crippen LogP contribution is -2.29. The van der Waals surface area contributed by atoms with Gasteiger partial charge in [-0.05, 0) is 29.2 Å². The molecule has 0 saturated heterocycles. The van der Waals surface area contributed by atoms with E-state index in [2.05, 4.69) is 0 Å². The van der Waals surface area contributed by atoms with Crippen molar-refractivity contribution in [1.29, 1.82) is 0 Å². The molecule has 0 aliphatic heterocycles. The Morgan fingerprint density at radius 2 is 1.65 bits per heavy atom. The van der Waals surface area contributed by atoms with Gasteiger partial charge in [-0.1, -0.05) is 20.8 Å². The summed E-state index contributed by atoms with van der Waals surface area (Å²) in [5.41, 5.74) is 4.12. The van der Waals surface area contributed by atoms with Gasteiger partial charge in [-0.25, -0.2) is 4.39 Å². The quantitative estimate of drug-likeness (QED) is 0.751. The Morgan fingerprint density at radius 3 is 2.06 bits per heavy atom. The van der Waals surface area contributed by atoms with Gasteiger partial charge < -0.3 is 5.73 Å². The van der Waals surface area contributed by atoms with Crippen LogP contribution in [0.3, 0.4) is 0 Å². The van der Waals surface area contributed by atoms with Crippen LogP contribution in [0.15, 0.2) is 18.2 Å². The van der Waals surface area contributed by atoms with Crippen LogP contribution in [-0.4, -0.2) is 0 Å². The highest BCUT2D eigenvalue weighted by molar-refractivity contribution is 5.33. The Kier molecular flexibility index (Phi) is 3.52. The molecule has 1 aromatic carbocycles. The summed E-state index contributed by atoms with van der Waals surface area (Å²) in [7, 11) is 0. The van der Waals surface area contributed by atoms with Crippen LogP contribution in [0, 0.1) is 11.2 Å². The number of benzene rings is 1. The van der Waals surface area contributed by atoms with E-state index in [1.807, 2.05) is 0 Å². The van der Waals surface area contributed by atoms with E-state index in [4.69, 9.17) is 5.73 Å². The summed E-state index contributed by atoms with van der Waals surface area (Å²) in [6.07, 6.45) is -4.52. The van der Waals surface area contributed by atoms with Crippen LogP contribution in [0.2, 0.25) is 0 Å². The zero-order chi connectivity index (χ0) is 13.4. The molecule has 1 atom stereocenters. The molecule has 0 heterocycles. The van der Waals surface area contributed by atoms with E-state index in [9.17, 15) is 17.6 Å². The minimum Gasteiger partial charge on any atom is -0.323 e. The molecule has 0 aromatic heterocycles. The third kappa shape index (κ3) is 3.19. The minimum absolute atomic E-state index is 0.204. The van der Waals surface area contributed by atoms with Crippen LogP contribution >= 0.6 is 0 Å². The van der Waals surface area contributed by atoms with Crippen molar-refractivity contribution in [3.05, 3.63) is 35.1 Å². The van der Waals surface area contributed by atoms with Gasteiger partial charge in [-0.2, -0.15) is 13.2 Å². The molecule has 0 unspecified atom stereocenters. The van der Waals surface area contributed by atoms with Crippen LogP contribution < -0.4 is 5.73 Å². The Morgan fingerprint density at radius 1 is 1.12 bits per heavy atom. The summed E-state index contributed by atoms with van der Waals surface area (Å²) in [5.74, 6) is -0.715. The van der Waals surface area contributed by atoms with Gasteiger partial charge in [0.05, 0.1) is 5.56 Å². The van der Waals surface area contributed by atoms with Crippen LogP contribution in [0.5, 0.6) is 0 Å². The van der Waals surface area contributed by atoms with Crippen molar-refractivity contribution in [1.82, 2.24) is 0 Å². The van der Waals surface area contributed by atoms with Gasteiger partial charge in [-0.15, -0.1) is 0 Å². The molecule has 0 bridgehead atoms. The van der Waals surface area contributed by atoms with E-state index in [0.717, 1.165) is 18.2 Å². The molecule has 1 rings (SSSR count). The van der Waals surface area contributed by atoms with Crippen molar-refractivity contribution in [3.63, 3.8) is 0 Å². The maximum absolute atomic E-state index is 13.1. The second-order valence-corrected chi connectivity index (χ2v) is 5.07. The number of hydrogen-bond acceptors (Lipinski definition) is 1. The third-order valence-corrected chi connectivity index (χ3v) is 2.59. The van der Waals surface area contributed by atoms with Crippen LogP contribution in [0.25, 0.3) is 0 Å². The van der Waals surface area contributed by atoms with Gasteiger partial charge in [-0.3, -0.25) is 0 Å². The number of hydrogen-bond donors (Lipinski definition) is 1. The fourth-order valence-corrected chi connectivity index (χ4v) is 1.52. The average Bonchev–Trinajstić information content (AvgIpc) is 2.13. The smallest absolute Gasteiger partial charge is 0.323 e. The topological polar surface area (TPSA) is 26.0 Å². The van der Waals surface area contributed by atoms with Gasteiger partial charge >= 0.3 is 6.18 Å². The molecule has 2 N–H and O–H groups in total. The van der Waals surface area contributed by atoms with Crippen molar-refractivity contribution >= 4 is 0 Å². The molecule has 96 valence electrons. The van der Waals surface area contributed by atoms with E-state index < -0.39 is 29.0 Å². The van der Waals surface area contributed by atoms with Gasteiger partial charge in [0.2, 0.25) is 0 Å². The van der Waals surface area contributed by atoms with E-state index in [1.54, 1.807) is 20.8 Å². The van der Waals surface area contributed by atoms with Crippen molar-refractivity contribution in [2.75, 3.05) is 0 Å². The molecular formula is C12H15F4N. The maximum Gasteiger partial charge on any atom is 0.416 e. The van der Waals surface area contributed by atoms with Gasteiger partial charge in [0.1, 0.15) is 5.82 Å². The van der Waals surface area contributed by atoms with Gasteiger partial charge in [0, 0.05) is 6.04 Å². The molecule has 0 aliphatic carbocycles. The Balaban J connectivity index is 3.35. The van der Waals surface area contributed by atoms with Crippen LogP contribution in [-0.2, 0) is 6.18 Å². The summed E-state index contributed by atoms with van der Waals surface area (Å²) in [6.45, 7) is 5.13. The molecule has 0 saturated carbocycles. The largest absolute Gasteiger partial charge is 0.416 e. The fraction of sp³-hybridized carbons (Fsp3) is 0.500. The highest BCUT2D eigenvalue weighted by Gasteiger charge is 2.37. The average molecular weight is 249 g/mol. The molecule has 1 aromatic rings. The Bertz CT molecular complexity index is 404. The number of halogens is 4. The molecule has 17 heavy (non-hydrogen) atoms. The predicted octanol–water partition coefficient (Wildman–Crippen LogP) is 3.89. The van der Waals surface area contributed by atoms with E-state index in [-0.39, 0.29) is 5.56 Å². The SMILES string of the molecule is CC(C)(C)[C@H](N)c1cc(F)ccc1C(F)(F)F. The van der Waals surface area contributed by atoms with E-state index in [0.29, 0.717) is 0 Å². The summed E-state index contributed by atoms with van der Waals surface area (Å²) in [5, 5.41) is 0. The molecular weight excluding hydrogens is 234 g/mol. The standard InChI is InChI=1S/C12H15F4N/c1-11(2,3)10(17)8-6-7(13)4-5-9(8)12(14,15)16/h4-6,10H,17H2,1-3H3/t10-/m1/s1. The number of rotatable bonds is 1. The lowest BCUT2D eigenvalue weighted by molar-refractivity contribution is -0.138. The molecule has 0 radical (unpaired) electrons. The fourth-order valence-electron chi connectivity index (χ4n) is 1.52. The van der Waals surface area contributed by atoms with Crippen LogP contribution in [0.1, 0.15) is 37.9 Å². The zero-order valence-corrected chi connectivity index (χ0v) is 9.90. The monoisotopic (exact) mass is 249 g/mol. The van der Waals surface area contributed by atoms with E-state index in [1.165, 1.54) is 0 Å². The summed E-state index contributed by atoms with van der Waals surface area (Å²) < 4.78 is 51.3. The normalized spacial score (nSPS) is 14.8. The second-order valence-electron chi connectivity index (χ2n) is 5.07. The first-order chi connectivity index (χ1) is 7.53. The molecule has 1 nitrogen and oxygen atoms in total. The first-order valence-corrected chi connectivity index (χ1v) is 5.15. The molecule has 0 amide bonds. The molecule has 0 aliphatic rings. The highest BCUT2D eigenvalue weighted by Crippen LogP contribution is 2.39. The lowest BCUT2D eigenvalue weighted by atomic mass is 9.81. The Labute approximate surface area is 97.6 Å². The summed E-state index contributed by atoms with van der Waals surface area (Å²) in [6, 6.07) is 1.51. The first-order valence-electron chi connectivity index (χ1n) is 5.15. The summed E-state index contributed by atoms with van der Waals surface area (Å²) >= 11 is 0.